The van der Waals surface area contributed by atoms with E-state index in [1.807, 2.05) is 6.92 Å². The number of aliphatic carboxylic acids is 1. The van der Waals surface area contributed by atoms with Crippen LogP contribution in [-0.2, 0) is 42.7 Å². The topological polar surface area (TPSA) is 354 Å². The second kappa shape index (κ2) is 20.8. The summed E-state index contributed by atoms with van der Waals surface area (Å²) in [6, 6.07) is 0. The summed E-state index contributed by atoms with van der Waals surface area (Å²) in [7, 11) is 0. The Morgan fingerprint density at radius 2 is 1.22 bits per heavy atom. The van der Waals surface area contributed by atoms with Crippen molar-refractivity contribution in [3.8, 4) is 0 Å². The van der Waals surface area contributed by atoms with Gasteiger partial charge in [-0.25, -0.2) is 0 Å². The molecule has 9 aliphatic rings. The van der Waals surface area contributed by atoms with Gasteiger partial charge in [0, 0.05) is 5.41 Å². The lowest BCUT2D eigenvalue weighted by Gasteiger charge is -2.71. The molecule has 22 heteroatoms. The van der Waals surface area contributed by atoms with Crippen molar-refractivity contribution in [2.45, 2.75) is 222 Å². The molecule has 4 saturated heterocycles. The number of aliphatic hydroxyl groups is 12. The van der Waals surface area contributed by atoms with Crippen LogP contribution in [0.25, 0.3) is 0 Å². The highest BCUT2D eigenvalue weighted by Gasteiger charge is 2.70. The molecule has 4 aliphatic heterocycles. The van der Waals surface area contributed by atoms with Crippen molar-refractivity contribution in [3.63, 3.8) is 0 Å². The lowest BCUT2D eigenvalue weighted by molar-refractivity contribution is -0.386. The lowest BCUT2D eigenvalue weighted by atomic mass is 9.33. The highest BCUT2D eigenvalue weighted by Crippen LogP contribution is 2.76. The Morgan fingerprint density at radius 3 is 1.89 bits per heavy atom. The third-order valence-corrected chi connectivity index (χ3v) is 20.8. The molecule has 0 aromatic rings. The first-order chi connectivity index (χ1) is 34.7. The maximum absolute atomic E-state index is 13.2. The van der Waals surface area contributed by atoms with Gasteiger partial charge in [0.2, 0.25) is 0 Å². The van der Waals surface area contributed by atoms with E-state index in [-0.39, 0.29) is 46.0 Å². The zero-order valence-corrected chi connectivity index (χ0v) is 43.4. The summed E-state index contributed by atoms with van der Waals surface area (Å²) in [5, 5.41) is 142. The van der Waals surface area contributed by atoms with Gasteiger partial charge in [0.05, 0.1) is 44.6 Å². The summed E-state index contributed by atoms with van der Waals surface area (Å²) >= 11 is 0. The number of ether oxygens (including phenoxy) is 8. The molecule has 0 unspecified atom stereocenters. The summed E-state index contributed by atoms with van der Waals surface area (Å²) in [5.41, 5.74) is -0.876. The SMILES string of the molecule is CC1(C)CC[C@@]2(C(=O)O)CC[C@@]3(C)C(=CC[C@@H]4[C@@]5(C)CC[C@H](O)[C@](C)(CO[C@H]6O[C@@H](CO)[C@H](O[C@@H]7O[C@@H](CO)[C@H](O)[C@@H](O[C@H]8OC[C@@H](O)[C@H](O)[C@H]8O[C@H]8OC[C@@H](O)[C@H](O)[C@H]8O)[C@H]7O)[C@H](O)[C@H]6O)[C@@H]5CC[C@]43C)[C@@H]2C1. The number of aliphatic hydroxyl groups excluding tert-OH is 12. The number of rotatable bonds is 12. The van der Waals surface area contributed by atoms with Gasteiger partial charge in [-0.2, -0.15) is 0 Å². The van der Waals surface area contributed by atoms with Crippen molar-refractivity contribution < 1.29 is 109 Å². The van der Waals surface area contributed by atoms with Crippen LogP contribution in [0.3, 0.4) is 0 Å². The number of hydrogen-bond acceptors (Lipinski definition) is 21. The third-order valence-electron chi connectivity index (χ3n) is 20.8. The van der Waals surface area contributed by atoms with Crippen LogP contribution in [0.5, 0.6) is 0 Å². The first-order valence-corrected chi connectivity index (χ1v) is 26.8. The molecule has 0 spiro atoms. The molecule has 4 heterocycles. The highest BCUT2D eigenvalue weighted by molar-refractivity contribution is 5.76. The molecule has 22 nitrogen and oxygen atoms in total. The van der Waals surface area contributed by atoms with Gasteiger partial charge in [-0.3, -0.25) is 4.79 Å². The summed E-state index contributed by atoms with van der Waals surface area (Å²) in [5.74, 6) is -0.537. The van der Waals surface area contributed by atoms with Gasteiger partial charge in [-0.05, 0) is 104 Å². The lowest BCUT2D eigenvalue weighted by Crippen LogP contribution is -2.67. The molecular weight excluding hydrogens is 977 g/mol. The molecule has 0 amide bonds. The van der Waals surface area contributed by atoms with Crippen LogP contribution in [0.1, 0.15) is 106 Å². The van der Waals surface area contributed by atoms with Gasteiger partial charge in [0.25, 0.3) is 0 Å². The Labute approximate surface area is 431 Å². The predicted octanol–water partition coefficient (Wildman–Crippen LogP) is -1.22. The van der Waals surface area contributed by atoms with Crippen LogP contribution in [0.2, 0.25) is 0 Å². The Kier molecular flexibility index (Phi) is 16.1. The van der Waals surface area contributed by atoms with Gasteiger partial charge >= 0.3 is 5.97 Å². The quantitative estimate of drug-likeness (QED) is 0.102. The molecular formula is C52H84O22. The number of hydrogen-bond donors (Lipinski definition) is 13. The van der Waals surface area contributed by atoms with Gasteiger partial charge in [0.15, 0.2) is 25.2 Å². The Bertz CT molecular complexity index is 2030. The minimum Gasteiger partial charge on any atom is -0.481 e. The van der Waals surface area contributed by atoms with Crippen molar-refractivity contribution >= 4 is 5.97 Å². The molecule has 74 heavy (non-hydrogen) atoms. The third kappa shape index (κ3) is 9.26. The fourth-order valence-corrected chi connectivity index (χ4v) is 16.0. The van der Waals surface area contributed by atoms with E-state index in [2.05, 4.69) is 40.7 Å². The number of fused-ring (bicyclic) bond motifs is 7. The second-order valence-electron chi connectivity index (χ2n) is 25.3. The van der Waals surface area contributed by atoms with Gasteiger partial charge in [-0.15, -0.1) is 0 Å². The Balaban J connectivity index is 0.882. The van der Waals surface area contributed by atoms with Crippen LogP contribution < -0.4 is 0 Å². The summed E-state index contributed by atoms with van der Waals surface area (Å²) in [6.07, 6.45) is -21.5. The van der Waals surface area contributed by atoms with Crippen LogP contribution in [0, 0.1) is 50.2 Å². The number of carboxylic acids is 1. The average molecular weight is 1060 g/mol. The minimum atomic E-state index is -1.99. The van der Waals surface area contributed by atoms with E-state index in [0.717, 1.165) is 44.9 Å². The molecule has 0 radical (unpaired) electrons. The van der Waals surface area contributed by atoms with E-state index in [0.29, 0.717) is 19.3 Å². The molecule has 4 saturated carbocycles. The van der Waals surface area contributed by atoms with Crippen molar-refractivity contribution in [1.82, 2.24) is 0 Å². The van der Waals surface area contributed by atoms with Gasteiger partial charge < -0.3 is 104 Å². The number of carboxylic acid groups (broad SMARTS) is 1. The summed E-state index contributed by atoms with van der Waals surface area (Å²) in [6.45, 7) is 10.9. The molecule has 13 N–H and O–H groups in total. The van der Waals surface area contributed by atoms with E-state index < -0.39 is 160 Å². The molecule has 0 aromatic heterocycles. The van der Waals surface area contributed by atoms with E-state index in [1.54, 1.807) is 0 Å². The largest absolute Gasteiger partial charge is 0.481 e. The number of allylic oxidation sites excluding steroid dienone is 2. The van der Waals surface area contributed by atoms with E-state index in [4.69, 9.17) is 37.9 Å². The second-order valence-corrected chi connectivity index (χ2v) is 25.3. The van der Waals surface area contributed by atoms with Crippen molar-refractivity contribution in [3.05, 3.63) is 11.6 Å². The van der Waals surface area contributed by atoms with E-state index in [9.17, 15) is 71.2 Å². The molecule has 424 valence electrons. The summed E-state index contributed by atoms with van der Waals surface area (Å²) < 4.78 is 46.7. The monoisotopic (exact) mass is 1060 g/mol. The smallest absolute Gasteiger partial charge is 0.310 e. The zero-order chi connectivity index (χ0) is 53.8. The predicted molar refractivity (Wildman–Crippen MR) is 253 cm³/mol. The maximum Gasteiger partial charge on any atom is 0.310 e. The standard InChI is InChI=1S/C52H84O22/c1-47(2)13-15-52(46(65)66)16-14-50(5)23(24(52)17-47)7-8-30-48(3)11-10-31(57)49(4,29(48)9-12-51(30,50)6)22-69-43-37(63)35(61)39(28(19-54)71-43)72-44-38(64)40(34(60)27(18-53)70-44)73-45-41(33(59)26(56)21-68-45)74-42-36(62)32(58)25(55)20-67-42/h7,24-45,53-64H,8-22H2,1-6H3,(H,65,66)/t24-,25+,26+,27-,28-,29+,30+,31-,32-,33-,34-,35+,36+,37+,38+,39-,40+,41+,42+,43-,44-,45+,48-,49+,50-,51+,52+/m0/s1. The van der Waals surface area contributed by atoms with Crippen molar-refractivity contribution in [2.75, 3.05) is 33.0 Å². The van der Waals surface area contributed by atoms with E-state index in [1.165, 1.54) is 5.57 Å². The molecule has 8 fully saturated rings. The fourth-order valence-electron chi connectivity index (χ4n) is 16.0. The number of carbonyl (C=O) groups is 1. The first kappa shape index (κ1) is 57.1. The molecule has 0 aromatic carbocycles. The average Bonchev–Trinajstić information content (AvgIpc) is 3.35. The van der Waals surface area contributed by atoms with E-state index >= 15 is 0 Å². The molecule has 9 rings (SSSR count). The van der Waals surface area contributed by atoms with Crippen molar-refractivity contribution in [2.24, 2.45) is 50.2 Å². The van der Waals surface area contributed by atoms with Gasteiger partial charge in [0.1, 0.15) is 85.5 Å². The fraction of sp³-hybridized carbons (Fsp3) is 0.942. The van der Waals surface area contributed by atoms with Crippen LogP contribution in [0.4, 0.5) is 0 Å². The minimum absolute atomic E-state index is 0.0308. The molecule has 27 atom stereocenters. The summed E-state index contributed by atoms with van der Waals surface area (Å²) in [4.78, 5) is 13.2. The highest BCUT2D eigenvalue weighted by atomic mass is 16.8. The first-order valence-electron chi connectivity index (χ1n) is 26.8. The zero-order valence-electron chi connectivity index (χ0n) is 43.4. The van der Waals surface area contributed by atoms with Gasteiger partial charge in [-0.1, -0.05) is 53.2 Å². The Hall–Kier alpha value is -1.59. The normalized spacial score (nSPS) is 54.4. The van der Waals surface area contributed by atoms with Crippen molar-refractivity contribution in [1.29, 1.82) is 0 Å². The van der Waals surface area contributed by atoms with Crippen LogP contribution in [0.15, 0.2) is 11.6 Å². The van der Waals surface area contributed by atoms with Crippen LogP contribution >= 0.6 is 0 Å². The Morgan fingerprint density at radius 1 is 0.608 bits per heavy atom. The maximum atomic E-state index is 13.2. The molecule has 0 bridgehead atoms. The molecule has 5 aliphatic carbocycles. The van der Waals surface area contributed by atoms with Crippen LogP contribution in [-0.4, -0.2) is 222 Å².